The summed E-state index contributed by atoms with van der Waals surface area (Å²) in [6, 6.07) is 6.12. The second-order valence-electron chi connectivity index (χ2n) is 4.38. The molecule has 0 saturated heterocycles. The molecule has 5 heteroatoms. The SMILES string of the molecule is CCC(CC)c1c(C=O)nnn1-c1cccc(F)c1. The van der Waals surface area contributed by atoms with Crippen LogP contribution in [0.3, 0.4) is 0 Å². The molecule has 0 aliphatic heterocycles. The first-order chi connectivity index (χ1) is 9.21. The van der Waals surface area contributed by atoms with Gasteiger partial charge in [-0.15, -0.1) is 5.10 Å². The predicted molar refractivity (Wildman–Crippen MR) is 70.0 cm³/mol. The van der Waals surface area contributed by atoms with Gasteiger partial charge in [-0.05, 0) is 31.0 Å². The molecule has 0 aliphatic rings. The smallest absolute Gasteiger partial charge is 0.172 e. The molecule has 1 heterocycles. The number of rotatable bonds is 5. The minimum atomic E-state index is -0.337. The fourth-order valence-corrected chi connectivity index (χ4v) is 2.24. The third-order valence-electron chi connectivity index (χ3n) is 3.27. The number of aldehydes is 1. The van der Waals surface area contributed by atoms with Crippen molar-refractivity contribution in [2.24, 2.45) is 0 Å². The predicted octanol–water partition coefficient (Wildman–Crippen LogP) is 3.12. The van der Waals surface area contributed by atoms with E-state index in [2.05, 4.69) is 10.3 Å². The summed E-state index contributed by atoms with van der Waals surface area (Å²) in [4.78, 5) is 11.1. The first-order valence-electron chi connectivity index (χ1n) is 6.37. The van der Waals surface area contributed by atoms with E-state index in [1.807, 2.05) is 13.8 Å². The Bertz CT molecular complexity index is 576. The monoisotopic (exact) mass is 261 g/mol. The maximum absolute atomic E-state index is 13.3. The van der Waals surface area contributed by atoms with E-state index in [-0.39, 0.29) is 11.7 Å². The maximum atomic E-state index is 13.3. The van der Waals surface area contributed by atoms with Gasteiger partial charge in [-0.25, -0.2) is 9.07 Å². The molecule has 0 unspecified atom stereocenters. The minimum absolute atomic E-state index is 0.179. The van der Waals surface area contributed by atoms with E-state index < -0.39 is 0 Å². The van der Waals surface area contributed by atoms with Crippen LogP contribution in [0.1, 0.15) is 48.8 Å². The molecule has 0 bridgehead atoms. The lowest BCUT2D eigenvalue weighted by molar-refractivity contribution is 0.111. The van der Waals surface area contributed by atoms with E-state index in [1.165, 1.54) is 12.1 Å². The molecule has 19 heavy (non-hydrogen) atoms. The summed E-state index contributed by atoms with van der Waals surface area (Å²) in [7, 11) is 0. The van der Waals surface area contributed by atoms with Gasteiger partial charge in [0.1, 0.15) is 11.5 Å². The number of benzene rings is 1. The number of halogens is 1. The zero-order valence-corrected chi connectivity index (χ0v) is 11.0. The summed E-state index contributed by atoms with van der Waals surface area (Å²) in [5, 5.41) is 7.86. The Morgan fingerprint density at radius 2 is 2.11 bits per heavy atom. The average molecular weight is 261 g/mol. The second-order valence-corrected chi connectivity index (χ2v) is 4.38. The summed E-state index contributed by atoms with van der Waals surface area (Å²) in [5.74, 6) is -0.158. The lowest BCUT2D eigenvalue weighted by Gasteiger charge is -2.14. The largest absolute Gasteiger partial charge is 0.296 e. The van der Waals surface area contributed by atoms with Crippen LogP contribution in [-0.4, -0.2) is 21.3 Å². The Labute approximate surface area is 111 Å². The molecule has 0 fully saturated rings. The normalized spacial score (nSPS) is 10.9. The minimum Gasteiger partial charge on any atom is -0.296 e. The van der Waals surface area contributed by atoms with E-state index in [9.17, 15) is 9.18 Å². The maximum Gasteiger partial charge on any atom is 0.172 e. The fraction of sp³-hybridized carbons (Fsp3) is 0.357. The van der Waals surface area contributed by atoms with Crippen LogP contribution in [0.25, 0.3) is 5.69 Å². The number of hydrogen-bond donors (Lipinski definition) is 0. The highest BCUT2D eigenvalue weighted by Crippen LogP contribution is 2.26. The lowest BCUT2D eigenvalue weighted by atomic mass is 9.97. The molecule has 0 spiro atoms. The van der Waals surface area contributed by atoms with Crippen LogP contribution in [0.5, 0.6) is 0 Å². The van der Waals surface area contributed by atoms with Gasteiger partial charge >= 0.3 is 0 Å². The Hall–Kier alpha value is -2.04. The highest BCUT2D eigenvalue weighted by atomic mass is 19.1. The topological polar surface area (TPSA) is 47.8 Å². The van der Waals surface area contributed by atoms with Gasteiger partial charge in [-0.1, -0.05) is 25.1 Å². The lowest BCUT2D eigenvalue weighted by Crippen LogP contribution is -2.09. The van der Waals surface area contributed by atoms with E-state index in [1.54, 1.807) is 16.8 Å². The van der Waals surface area contributed by atoms with Gasteiger partial charge in [0.25, 0.3) is 0 Å². The summed E-state index contributed by atoms with van der Waals surface area (Å²) in [5.41, 5.74) is 1.67. The first-order valence-corrected chi connectivity index (χ1v) is 6.37. The molecular formula is C14H16FN3O. The van der Waals surface area contributed by atoms with Crippen molar-refractivity contribution in [1.29, 1.82) is 0 Å². The van der Waals surface area contributed by atoms with Crippen LogP contribution in [0.15, 0.2) is 24.3 Å². The van der Waals surface area contributed by atoms with Gasteiger partial charge < -0.3 is 0 Å². The molecule has 0 radical (unpaired) electrons. The molecule has 0 N–H and O–H groups in total. The first kappa shape index (κ1) is 13.4. The van der Waals surface area contributed by atoms with Crippen LogP contribution < -0.4 is 0 Å². The zero-order valence-electron chi connectivity index (χ0n) is 11.0. The molecule has 1 aromatic heterocycles. The standard InChI is InChI=1S/C14H16FN3O/c1-3-10(4-2)14-13(9-19)16-17-18(14)12-7-5-6-11(15)8-12/h5-10H,3-4H2,1-2H3. The van der Waals surface area contributed by atoms with Crippen molar-refractivity contribution in [3.63, 3.8) is 0 Å². The van der Waals surface area contributed by atoms with E-state index >= 15 is 0 Å². The van der Waals surface area contributed by atoms with Crippen molar-refractivity contribution in [1.82, 2.24) is 15.0 Å². The highest BCUT2D eigenvalue weighted by Gasteiger charge is 2.20. The van der Waals surface area contributed by atoms with Crippen molar-refractivity contribution >= 4 is 6.29 Å². The summed E-state index contributed by atoms with van der Waals surface area (Å²) >= 11 is 0. The Morgan fingerprint density at radius 3 is 2.68 bits per heavy atom. The van der Waals surface area contributed by atoms with Gasteiger partial charge in [0.15, 0.2) is 6.29 Å². The number of aromatic nitrogens is 3. The molecule has 0 atom stereocenters. The molecule has 0 amide bonds. The fourth-order valence-electron chi connectivity index (χ4n) is 2.24. The van der Waals surface area contributed by atoms with Crippen LogP contribution in [-0.2, 0) is 0 Å². The van der Waals surface area contributed by atoms with Gasteiger partial charge in [0.2, 0.25) is 0 Å². The van der Waals surface area contributed by atoms with Crippen molar-refractivity contribution in [2.75, 3.05) is 0 Å². The van der Waals surface area contributed by atoms with Crippen molar-refractivity contribution < 1.29 is 9.18 Å². The third-order valence-corrected chi connectivity index (χ3v) is 3.27. The quantitative estimate of drug-likeness (QED) is 0.777. The van der Waals surface area contributed by atoms with Crippen molar-refractivity contribution in [2.45, 2.75) is 32.6 Å². The zero-order chi connectivity index (χ0) is 13.8. The average Bonchev–Trinajstić information content (AvgIpc) is 2.84. The van der Waals surface area contributed by atoms with Crippen LogP contribution >= 0.6 is 0 Å². The summed E-state index contributed by atoms with van der Waals surface area (Å²) in [6.45, 7) is 4.09. The van der Waals surface area contributed by atoms with Crippen molar-refractivity contribution in [3.8, 4) is 5.69 Å². The number of carbonyl (C=O) groups excluding carboxylic acids is 1. The molecule has 0 saturated carbocycles. The summed E-state index contributed by atoms with van der Waals surface area (Å²) < 4.78 is 14.9. The Balaban J connectivity index is 2.57. The number of nitrogens with zero attached hydrogens (tertiary/aromatic N) is 3. The molecule has 1 aromatic carbocycles. The molecular weight excluding hydrogens is 245 g/mol. The second kappa shape index (κ2) is 5.73. The number of hydrogen-bond acceptors (Lipinski definition) is 3. The van der Waals surface area contributed by atoms with E-state index in [4.69, 9.17) is 0 Å². The molecule has 4 nitrogen and oxygen atoms in total. The van der Waals surface area contributed by atoms with Gasteiger partial charge in [0, 0.05) is 5.92 Å². The van der Waals surface area contributed by atoms with Crippen LogP contribution in [0.2, 0.25) is 0 Å². The Kier molecular flexibility index (Phi) is 4.04. The third kappa shape index (κ3) is 2.54. The highest BCUT2D eigenvalue weighted by molar-refractivity contribution is 5.74. The van der Waals surface area contributed by atoms with E-state index in [0.29, 0.717) is 17.7 Å². The van der Waals surface area contributed by atoms with Gasteiger partial charge in [0.05, 0.1) is 11.4 Å². The molecule has 2 aromatic rings. The summed E-state index contributed by atoms with van der Waals surface area (Å²) in [6.07, 6.45) is 2.45. The van der Waals surface area contributed by atoms with Crippen molar-refractivity contribution in [3.05, 3.63) is 41.5 Å². The number of carbonyl (C=O) groups is 1. The van der Waals surface area contributed by atoms with Crippen LogP contribution in [0, 0.1) is 5.82 Å². The van der Waals surface area contributed by atoms with Crippen LogP contribution in [0.4, 0.5) is 4.39 Å². The van der Waals surface area contributed by atoms with E-state index in [0.717, 1.165) is 18.5 Å². The Morgan fingerprint density at radius 1 is 1.37 bits per heavy atom. The molecule has 0 aliphatic carbocycles. The van der Waals surface area contributed by atoms with Gasteiger partial charge in [-0.3, -0.25) is 4.79 Å². The molecule has 2 rings (SSSR count). The molecule has 100 valence electrons. The van der Waals surface area contributed by atoms with Gasteiger partial charge in [-0.2, -0.15) is 0 Å².